The predicted molar refractivity (Wildman–Crippen MR) is 113 cm³/mol. The Morgan fingerprint density at radius 3 is 2.50 bits per heavy atom. The molecule has 6 nitrogen and oxygen atoms in total. The van der Waals surface area contributed by atoms with E-state index in [0.29, 0.717) is 0 Å². The Bertz CT molecular complexity index is 654. The molecule has 0 amide bonds. The molecule has 0 atom stereocenters. The van der Waals surface area contributed by atoms with E-state index in [4.69, 9.17) is 13.9 Å². The molecule has 0 unspecified atom stereocenters. The summed E-state index contributed by atoms with van der Waals surface area (Å²) in [4.78, 5) is 4.69. The number of guanidine groups is 1. The van der Waals surface area contributed by atoms with E-state index in [1.54, 1.807) is 13.4 Å². The molecule has 0 aliphatic heterocycles. The van der Waals surface area contributed by atoms with Crippen LogP contribution in [0.2, 0.25) is 0 Å². The Labute approximate surface area is 168 Å². The highest BCUT2D eigenvalue weighted by atomic mass is 16.5. The normalized spacial score (nSPS) is 11.4. The fourth-order valence-electron chi connectivity index (χ4n) is 2.70. The zero-order valence-electron chi connectivity index (χ0n) is 17.1. The van der Waals surface area contributed by atoms with Crippen molar-refractivity contribution in [2.24, 2.45) is 4.99 Å². The summed E-state index contributed by atoms with van der Waals surface area (Å²) in [5.41, 5.74) is 1.26. The Hall–Kier alpha value is -2.47. The van der Waals surface area contributed by atoms with Crippen LogP contribution in [0.4, 0.5) is 0 Å². The zero-order chi connectivity index (χ0) is 19.9. The van der Waals surface area contributed by atoms with Gasteiger partial charge in [-0.25, -0.2) is 0 Å². The summed E-state index contributed by atoms with van der Waals surface area (Å²) >= 11 is 0. The van der Waals surface area contributed by atoms with Gasteiger partial charge in [0.15, 0.2) is 5.96 Å². The van der Waals surface area contributed by atoms with E-state index in [1.165, 1.54) is 5.56 Å². The van der Waals surface area contributed by atoms with Gasteiger partial charge in [-0.05, 0) is 56.0 Å². The molecule has 0 radical (unpaired) electrons. The van der Waals surface area contributed by atoms with Crippen molar-refractivity contribution in [2.75, 3.05) is 40.0 Å². The zero-order valence-corrected chi connectivity index (χ0v) is 17.1. The quantitative estimate of drug-likeness (QED) is 0.313. The molecule has 154 valence electrons. The minimum atomic E-state index is 0.774. The van der Waals surface area contributed by atoms with Gasteiger partial charge in [0.05, 0.1) is 13.4 Å². The van der Waals surface area contributed by atoms with Gasteiger partial charge in [-0.1, -0.05) is 12.1 Å². The summed E-state index contributed by atoms with van der Waals surface area (Å²) in [6.07, 6.45) is 5.51. The van der Waals surface area contributed by atoms with Crippen LogP contribution in [-0.4, -0.2) is 45.9 Å². The van der Waals surface area contributed by atoms with Crippen LogP contribution >= 0.6 is 0 Å². The molecule has 0 spiro atoms. The number of hydrogen-bond donors (Lipinski definition) is 2. The summed E-state index contributed by atoms with van der Waals surface area (Å²) in [7, 11) is 1.68. The molecule has 0 saturated heterocycles. The number of furan rings is 1. The average molecular weight is 388 g/mol. The second-order valence-corrected chi connectivity index (χ2v) is 6.42. The lowest BCUT2D eigenvalue weighted by atomic mass is 10.1. The average Bonchev–Trinajstić information content (AvgIpc) is 3.24. The van der Waals surface area contributed by atoms with Crippen molar-refractivity contribution in [2.45, 2.75) is 32.6 Å². The van der Waals surface area contributed by atoms with Crippen molar-refractivity contribution in [3.05, 3.63) is 54.0 Å². The van der Waals surface area contributed by atoms with Gasteiger partial charge in [0.25, 0.3) is 0 Å². The van der Waals surface area contributed by atoms with Crippen LogP contribution in [0.1, 0.15) is 31.1 Å². The van der Waals surface area contributed by atoms with Gasteiger partial charge in [0.1, 0.15) is 11.5 Å². The van der Waals surface area contributed by atoms with E-state index in [9.17, 15) is 0 Å². The van der Waals surface area contributed by atoms with Gasteiger partial charge in [-0.2, -0.15) is 0 Å². The van der Waals surface area contributed by atoms with Crippen molar-refractivity contribution in [3.8, 4) is 5.75 Å². The van der Waals surface area contributed by atoms with E-state index >= 15 is 0 Å². The lowest BCUT2D eigenvalue weighted by molar-refractivity contribution is 0.144. The third-order valence-electron chi connectivity index (χ3n) is 4.28. The summed E-state index contributed by atoms with van der Waals surface area (Å²) in [5.74, 6) is 2.70. The maximum atomic E-state index is 5.38. The number of benzene rings is 1. The number of nitrogens with zero attached hydrogens (tertiary/aromatic N) is 1. The van der Waals surface area contributed by atoms with E-state index in [0.717, 1.165) is 76.0 Å². The second-order valence-electron chi connectivity index (χ2n) is 6.42. The third-order valence-corrected chi connectivity index (χ3v) is 4.28. The first-order valence-electron chi connectivity index (χ1n) is 10.1. The first-order valence-corrected chi connectivity index (χ1v) is 10.1. The topological polar surface area (TPSA) is 68.0 Å². The summed E-state index contributed by atoms with van der Waals surface area (Å²) < 4.78 is 16.0. The van der Waals surface area contributed by atoms with Gasteiger partial charge in [-0.3, -0.25) is 4.99 Å². The molecule has 28 heavy (non-hydrogen) atoms. The van der Waals surface area contributed by atoms with Gasteiger partial charge >= 0.3 is 0 Å². The largest absolute Gasteiger partial charge is 0.497 e. The van der Waals surface area contributed by atoms with Gasteiger partial charge < -0.3 is 24.5 Å². The monoisotopic (exact) mass is 387 g/mol. The van der Waals surface area contributed by atoms with Crippen LogP contribution < -0.4 is 15.4 Å². The predicted octanol–water partition coefficient (Wildman–Crippen LogP) is 3.43. The molecule has 0 aliphatic rings. The fourth-order valence-corrected chi connectivity index (χ4v) is 2.70. The molecule has 1 heterocycles. The summed E-state index contributed by atoms with van der Waals surface area (Å²) in [5, 5.41) is 6.82. The van der Waals surface area contributed by atoms with Crippen molar-refractivity contribution in [1.82, 2.24) is 10.6 Å². The van der Waals surface area contributed by atoms with Crippen molar-refractivity contribution in [3.63, 3.8) is 0 Å². The highest BCUT2D eigenvalue weighted by molar-refractivity contribution is 5.79. The molecule has 1 aromatic heterocycles. The van der Waals surface area contributed by atoms with Crippen LogP contribution in [0.25, 0.3) is 0 Å². The number of nitrogens with one attached hydrogen (secondary N) is 2. The number of aliphatic imine (C=N–C) groups is 1. The maximum Gasteiger partial charge on any atom is 0.191 e. The first-order chi connectivity index (χ1) is 13.8. The van der Waals surface area contributed by atoms with Crippen LogP contribution in [0.3, 0.4) is 0 Å². The summed E-state index contributed by atoms with van der Waals surface area (Å²) in [6, 6.07) is 12.1. The Morgan fingerprint density at radius 1 is 1.04 bits per heavy atom. The minimum absolute atomic E-state index is 0.774. The molecule has 6 heteroatoms. The van der Waals surface area contributed by atoms with Crippen molar-refractivity contribution >= 4 is 5.96 Å². The molecular formula is C22H33N3O3. The molecule has 1 aromatic carbocycles. The number of rotatable bonds is 13. The van der Waals surface area contributed by atoms with Crippen LogP contribution in [0, 0.1) is 0 Å². The van der Waals surface area contributed by atoms with Gasteiger partial charge in [0.2, 0.25) is 0 Å². The Kier molecular flexibility index (Phi) is 10.6. The first kappa shape index (κ1) is 21.8. The Morgan fingerprint density at radius 2 is 1.82 bits per heavy atom. The number of unbranched alkanes of at least 4 members (excludes halogenated alkanes) is 1. The molecule has 0 bridgehead atoms. The molecule has 2 aromatic rings. The van der Waals surface area contributed by atoms with E-state index in [2.05, 4.69) is 27.8 Å². The molecular weight excluding hydrogens is 354 g/mol. The minimum Gasteiger partial charge on any atom is -0.497 e. The SMILES string of the molecule is CCOCCCCN=C(NCCc1ccc(OC)cc1)NCCc1ccco1. The van der Waals surface area contributed by atoms with E-state index in [-0.39, 0.29) is 0 Å². The number of hydrogen-bond acceptors (Lipinski definition) is 4. The molecule has 0 saturated carbocycles. The van der Waals surface area contributed by atoms with Crippen molar-refractivity contribution < 1.29 is 13.9 Å². The highest BCUT2D eigenvalue weighted by Gasteiger charge is 2.01. The number of ether oxygens (including phenoxy) is 2. The standard InChI is InChI=1S/C22H33N3O3/c1-3-27-17-5-4-14-23-22(25-16-13-21-7-6-18-28-21)24-15-12-19-8-10-20(26-2)11-9-19/h6-11,18H,3-5,12-17H2,1-2H3,(H2,23,24,25). The molecule has 2 N–H and O–H groups in total. The van der Waals surface area contributed by atoms with Crippen LogP contribution in [0.5, 0.6) is 5.75 Å². The van der Waals surface area contributed by atoms with Crippen LogP contribution in [-0.2, 0) is 17.6 Å². The van der Waals surface area contributed by atoms with Crippen LogP contribution in [0.15, 0.2) is 52.1 Å². The van der Waals surface area contributed by atoms with Gasteiger partial charge in [-0.15, -0.1) is 0 Å². The second kappa shape index (κ2) is 13.7. The number of methoxy groups -OCH3 is 1. The lowest BCUT2D eigenvalue weighted by Gasteiger charge is -2.12. The molecule has 0 fully saturated rings. The third kappa shape index (κ3) is 8.95. The molecule has 0 aliphatic carbocycles. The van der Waals surface area contributed by atoms with Gasteiger partial charge in [0, 0.05) is 39.3 Å². The Balaban J connectivity index is 1.75. The maximum absolute atomic E-state index is 5.38. The lowest BCUT2D eigenvalue weighted by Crippen LogP contribution is -2.39. The van der Waals surface area contributed by atoms with Crippen molar-refractivity contribution in [1.29, 1.82) is 0 Å². The fraction of sp³-hybridized carbons (Fsp3) is 0.500. The highest BCUT2D eigenvalue weighted by Crippen LogP contribution is 2.11. The van der Waals surface area contributed by atoms with E-state index in [1.807, 2.05) is 31.2 Å². The smallest absolute Gasteiger partial charge is 0.191 e. The summed E-state index contributed by atoms with van der Waals surface area (Å²) in [6.45, 7) is 5.98. The van der Waals surface area contributed by atoms with E-state index < -0.39 is 0 Å². The molecule has 2 rings (SSSR count).